The average Bonchev–Trinajstić information content (AvgIpc) is 2.99. The number of benzene rings is 3. The Morgan fingerprint density at radius 2 is 1.40 bits per heavy atom. The molecule has 0 radical (unpaired) electrons. The summed E-state index contributed by atoms with van der Waals surface area (Å²) in [5.41, 5.74) is 1.09. The van der Waals surface area contributed by atoms with E-state index in [1.807, 2.05) is 0 Å². The van der Waals surface area contributed by atoms with E-state index >= 15 is 4.39 Å². The minimum Gasteiger partial charge on any atom is -0.493 e. The fraction of sp³-hybridized carbons (Fsp3) is 0.258. The van der Waals surface area contributed by atoms with Gasteiger partial charge in [0.2, 0.25) is 5.82 Å². The number of rotatable bonds is 13. The molecule has 3 aromatic rings. The molecule has 11 heteroatoms. The van der Waals surface area contributed by atoms with Crippen LogP contribution in [0.1, 0.15) is 30.0 Å². The number of alkyl carbamates (subject to hydrolysis) is 1. The van der Waals surface area contributed by atoms with Crippen molar-refractivity contribution in [2.24, 2.45) is 0 Å². The Bertz CT molecular complexity index is 1400. The van der Waals surface area contributed by atoms with E-state index < -0.39 is 53.6 Å². The van der Waals surface area contributed by atoms with Gasteiger partial charge in [-0.15, -0.1) is 0 Å². The van der Waals surface area contributed by atoms with Crippen LogP contribution in [0, 0.1) is 11.6 Å². The summed E-state index contributed by atoms with van der Waals surface area (Å²) >= 11 is 0. The molecule has 1 amide bonds. The second kappa shape index (κ2) is 15.8. The Hall–Kier alpha value is -4.93. The van der Waals surface area contributed by atoms with Crippen LogP contribution < -0.4 is 14.8 Å². The molecular weight excluding hydrogens is 552 g/mol. The number of esters is 2. The zero-order valence-electron chi connectivity index (χ0n) is 23.4. The monoisotopic (exact) mass is 583 g/mol. The highest BCUT2D eigenvalue weighted by molar-refractivity contribution is 5.94. The number of hydrogen-bond acceptors (Lipinski definition) is 8. The maximum atomic E-state index is 15.1. The van der Waals surface area contributed by atoms with Crippen molar-refractivity contribution in [3.63, 3.8) is 0 Å². The first-order chi connectivity index (χ1) is 20.3. The standard InChI is InChI=1S/C31H31F2NO8/c1-4-40-26(35)16-22(23-17-24(32)29(39-3)27(33)28(23)38-2)15-25(30(36)41-18-20-11-7-5-8-12-20)34-31(37)42-19-21-13-9-6-10-14-21/h5-14,16-17,25H,4,15,18-19H2,1-3H3,(H,34,37)/b22-16-/t25-/m0/s1. The van der Waals surface area contributed by atoms with Crippen LogP contribution in [0.25, 0.3) is 5.57 Å². The number of methoxy groups -OCH3 is 2. The Labute approximate surface area is 242 Å². The summed E-state index contributed by atoms with van der Waals surface area (Å²) in [5.74, 6) is -5.14. The molecule has 3 aromatic carbocycles. The van der Waals surface area contributed by atoms with Gasteiger partial charge in [0.05, 0.1) is 20.8 Å². The number of halogens is 2. The van der Waals surface area contributed by atoms with Crippen LogP contribution in [-0.2, 0) is 37.0 Å². The average molecular weight is 584 g/mol. The number of ether oxygens (including phenoxy) is 5. The fourth-order valence-corrected chi connectivity index (χ4v) is 3.93. The smallest absolute Gasteiger partial charge is 0.408 e. The third-order valence-corrected chi connectivity index (χ3v) is 5.90. The van der Waals surface area contributed by atoms with Crippen LogP contribution in [0.3, 0.4) is 0 Å². The van der Waals surface area contributed by atoms with Gasteiger partial charge in [-0.2, -0.15) is 4.39 Å². The van der Waals surface area contributed by atoms with Gasteiger partial charge in [-0.25, -0.2) is 18.8 Å². The highest BCUT2D eigenvalue weighted by Gasteiger charge is 2.29. The predicted octanol–water partition coefficient (Wildman–Crippen LogP) is 5.36. The quantitative estimate of drug-likeness (QED) is 0.163. The van der Waals surface area contributed by atoms with Crippen LogP contribution >= 0.6 is 0 Å². The van der Waals surface area contributed by atoms with E-state index in [1.165, 1.54) is 0 Å². The van der Waals surface area contributed by atoms with Gasteiger partial charge in [-0.05, 0) is 29.7 Å². The first kappa shape index (κ1) is 31.6. The molecule has 0 aliphatic carbocycles. The van der Waals surface area contributed by atoms with Crippen LogP contribution in [-0.4, -0.2) is 44.9 Å². The van der Waals surface area contributed by atoms with E-state index in [-0.39, 0.29) is 31.0 Å². The minimum absolute atomic E-state index is 0.0116. The molecule has 0 heterocycles. The molecule has 0 unspecified atom stereocenters. The van der Waals surface area contributed by atoms with Gasteiger partial charge in [0, 0.05) is 18.1 Å². The van der Waals surface area contributed by atoms with Gasteiger partial charge in [0.1, 0.15) is 19.3 Å². The van der Waals surface area contributed by atoms with Crippen molar-refractivity contribution < 1.29 is 46.8 Å². The van der Waals surface area contributed by atoms with Gasteiger partial charge in [-0.3, -0.25) is 0 Å². The van der Waals surface area contributed by atoms with E-state index in [2.05, 4.69) is 5.32 Å². The first-order valence-corrected chi connectivity index (χ1v) is 12.9. The van der Waals surface area contributed by atoms with Crippen molar-refractivity contribution in [3.05, 3.63) is 101 Å². The number of carbonyl (C=O) groups is 3. The molecular formula is C31H31F2NO8. The zero-order valence-corrected chi connectivity index (χ0v) is 23.4. The van der Waals surface area contributed by atoms with Crippen molar-refractivity contribution in [2.45, 2.75) is 32.6 Å². The molecule has 0 aliphatic heterocycles. The fourth-order valence-electron chi connectivity index (χ4n) is 3.93. The second-order valence-corrected chi connectivity index (χ2v) is 8.76. The number of hydrogen-bond donors (Lipinski definition) is 1. The molecule has 0 bridgehead atoms. The molecule has 42 heavy (non-hydrogen) atoms. The van der Waals surface area contributed by atoms with Gasteiger partial charge < -0.3 is 29.0 Å². The molecule has 9 nitrogen and oxygen atoms in total. The highest BCUT2D eigenvalue weighted by atomic mass is 19.1. The van der Waals surface area contributed by atoms with Crippen LogP contribution in [0.4, 0.5) is 13.6 Å². The van der Waals surface area contributed by atoms with Gasteiger partial charge in [0.25, 0.3) is 0 Å². The lowest BCUT2D eigenvalue weighted by atomic mass is 9.96. The SMILES string of the molecule is CCOC(=O)/C=C(/C[C@H](NC(=O)OCc1ccccc1)C(=O)OCc1ccccc1)c1cc(F)c(OC)c(F)c1OC. The van der Waals surface area contributed by atoms with Crippen molar-refractivity contribution in [1.82, 2.24) is 5.32 Å². The lowest BCUT2D eigenvalue weighted by Gasteiger charge is -2.21. The molecule has 0 aliphatic rings. The maximum absolute atomic E-state index is 15.1. The van der Waals surface area contributed by atoms with Crippen molar-refractivity contribution in [1.29, 1.82) is 0 Å². The van der Waals surface area contributed by atoms with Crippen LogP contribution in [0.15, 0.2) is 72.8 Å². The summed E-state index contributed by atoms with van der Waals surface area (Å²) in [5, 5.41) is 2.44. The van der Waals surface area contributed by atoms with Crippen molar-refractivity contribution in [3.8, 4) is 11.5 Å². The molecule has 0 saturated carbocycles. The van der Waals surface area contributed by atoms with Crippen molar-refractivity contribution >= 4 is 23.6 Å². The summed E-state index contributed by atoms with van der Waals surface area (Å²) < 4.78 is 55.6. The molecule has 0 aromatic heterocycles. The summed E-state index contributed by atoms with van der Waals surface area (Å²) in [7, 11) is 2.23. The Kier molecular flexibility index (Phi) is 11.8. The Balaban J connectivity index is 1.96. The normalized spacial score (nSPS) is 11.7. The summed E-state index contributed by atoms with van der Waals surface area (Å²) in [6.45, 7) is 1.38. The second-order valence-electron chi connectivity index (χ2n) is 8.76. The number of nitrogens with one attached hydrogen (secondary N) is 1. The van der Waals surface area contributed by atoms with Crippen LogP contribution in [0.2, 0.25) is 0 Å². The van der Waals surface area contributed by atoms with Gasteiger partial charge in [-0.1, -0.05) is 60.7 Å². The van der Waals surface area contributed by atoms with E-state index in [0.717, 1.165) is 26.4 Å². The topological polar surface area (TPSA) is 109 Å². The van der Waals surface area contributed by atoms with E-state index in [9.17, 15) is 18.8 Å². The van der Waals surface area contributed by atoms with E-state index in [1.54, 1.807) is 67.6 Å². The summed E-state index contributed by atoms with van der Waals surface area (Å²) in [4.78, 5) is 38.5. The predicted molar refractivity (Wildman–Crippen MR) is 148 cm³/mol. The van der Waals surface area contributed by atoms with Gasteiger partial charge >= 0.3 is 18.0 Å². The summed E-state index contributed by atoms with van der Waals surface area (Å²) in [6.07, 6.45) is -0.453. The molecule has 0 saturated heterocycles. The zero-order chi connectivity index (χ0) is 30.5. The molecule has 3 rings (SSSR count). The lowest BCUT2D eigenvalue weighted by Crippen LogP contribution is -2.42. The third-order valence-electron chi connectivity index (χ3n) is 5.90. The molecule has 0 fully saturated rings. The lowest BCUT2D eigenvalue weighted by molar-refractivity contribution is -0.147. The molecule has 0 spiro atoms. The third kappa shape index (κ3) is 8.79. The van der Waals surface area contributed by atoms with Crippen molar-refractivity contribution in [2.75, 3.05) is 20.8 Å². The molecule has 1 atom stereocenters. The Morgan fingerprint density at radius 3 is 1.95 bits per heavy atom. The van der Waals surface area contributed by atoms with Gasteiger partial charge in [0.15, 0.2) is 17.3 Å². The van der Waals surface area contributed by atoms with Crippen LogP contribution in [0.5, 0.6) is 11.5 Å². The number of carbonyl (C=O) groups excluding carboxylic acids is 3. The van der Waals surface area contributed by atoms with E-state index in [0.29, 0.717) is 11.1 Å². The Morgan fingerprint density at radius 1 is 0.833 bits per heavy atom. The first-order valence-electron chi connectivity index (χ1n) is 12.9. The highest BCUT2D eigenvalue weighted by Crippen LogP contribution is 2.38. The molecule has 222 valence electrons. The maximum Gasteiger partial charge on any atom is 0.408 e. The number of amides is 1. The summed E-state index contributed by atoms with van der Waals surface area (Å²) in [6, 6.07) is 17.1. The molecule has 1 N–H and O–H groups in total. The largest absolute Gasteiger partial charge is 0.493 e. The minimum atomic E-state index is -1.45. The van der Waals surface area contributed by atoms with E-state index in [4.69, 9.17) is 23.7 Å².